The lowest BCUT2D eigenvalue weighted by molar-refractivity contribution is -0.153. The van der Waals surface area contributed by atoms with Crippen LogP contribution in [0.15, 0.2) is 18.2 Å². The Morgan fingerprint density at radius 3 is 2.39 bits per heavy atom. The summed E-state index contributed by atoms with van der Waals surface area (Å²) in [6.07, 6.45) is 0. The lowest BCUT2D eigenvalue weighted by Crippen LogP contribution is -2.45. The monoisotopic (exact) mass is 283 g/mol. The van der Waals surface area contributed by atoms with Gasteiger partial charge in [-0.15, -0.1) is 12.4 Å². The van der Waals surface area contributed by atoms with Crippen LogP contribution in [0.1, 0.15) is 5.56 Å². The fraction of sp³-hybridized carbons (Fsp3) is 0.300. The normalized spacial score (nSPS) is 12.4. The lowest BCUT2D eigenvalue weighted by Gasteiger charge is -2.22. The average molecular weight is 284 g/mol. The van der Waals surface area contributed by atoms with E-state index < -0.39 is 35.0 Å². The van der Waals surface area contributed by atoms with Crippen molar-refractivity contribution >= 4 is 18.4 Å². The van der Waals surface area contributed by atoms with Gasteiger partial charge in [0, 0.05) is 5.56 Å². The number of phenolic OH excluding ortho intramolecular Hbond substituents is 2. The summed E-state index contributed by atoms with van der Waals surface area (Å²) in [5.41, 5.74) is 4.37. The van der Waals surface area contributed by atoms with E-state index in [0.29, 0.717) is 6.07 Å². The predicted octanol–water partition coefficient (Wildman–Crippen LogP) is 1.11. The van der Waals surface area contributed by atoms with Crippen molar-refractivity contribution in [1.29, 1.82) is 0 Å². The zero-order valence-electron chi connectivity index (χ0n) is 9.26. The highest BCUT2D eigenvalue weighted by Gasteiger charge is 2.44. The molecule has 0 aliphatic carbocycles. The van der Waals surface area contributed by atoms with Gasteiger partial charge < -0.3 is 20.7 Å². The van der Waals surface area contributed by atoms with E-state index in [1.54, 1.807) is 0 Å². The third kappa shape index (κ3) is 2.99. The molecule has 0 aromatic heterocycles. The Bertz CT molecular complexity index is 442. The van der Waals surface area contributed by atoms with Gasteiger partial charge in [-0.3, -0.25) is 4.79 Å². The molecule has 1 atom stereocenters. The van der Waals surface area contributed by atoms with Crippen LogP contribution in [0.5, 0.6) is 11.5 Å². The second kappa shape index (κ2) is 5.83. The number of nitrogens with two attached hydrogens (primary N) is 1. The molecule has 18 heavy (non-hydrogen) atoms. The highest BCUT2D eigenvalue weighted by molar-refractivity contribution is 5.85. The first kappa shape index (κ1) is 16.4. The minimum atomic E-state index is -3.71. The Morgan fingerprint density at radius 1 is 1.39 bits per heavy atom. The quantitative estimate of drug-likeness (QED) is 0.571. The number of halogens is 3. The summed E-state index contributed by atoms with van der Waals surface area (Å²) in [6, 6.07) is 0.190. The molecule has 0 spiro atoms. The number of rotatable bonds is 3. The summed E-state index contributed by atoms with van der Waals surface area (Å²) in [4.78, 5) is 10.9. The number of phenols is 2. The molecule has 0 heterocycles. The van der Waals surface area contributed by atoms with Crippen molar-refractivity contribution in [1.82, 2.24) is 0 Å². The number of carbonyl (C=O) groups is 1. The van der Waals surface area contributed by atoms with Gasteiger partial charge in [0.2, 0.25) is 0 Å². The van der Waals surface area contributed by atoms with Gasteiger partial charge in [0.1, 0.15) is 0 Å². The second-order valence-corrected chi connectivity index (χ2v) is 3.33. The molecule has 1 rings (SSSR count). The molecule has 0 bridgehead atoms. The van der Waals surface area contributed by atoms with Crippen LogP contribution in [-0.4, -0.2) is 29.3 Å². The van der Waals surface area contributed by atoms with Gasteiger partial charge in [-0.25, -0.2) is 0 Å². The van der Waals surface area contributed by atoms with E-state index in [-0.39, 0.29) is 12.4 Å². The molecule has 102 valence electrons. The first-order chi connectivity index (χ1) is 7.80. The molecule has 4 N–H and O–H groups in total. The summed E-state index contributed by atoms with van der Waals surface area (Å²) in [5.74, 6) is -6.25. The molecule has 0 aliphatic heterocycles. The number of esters is 1. The Labute approximate surface area is 108 Å². The highest BCUT2D eigenvalue weighted by Crippen LogP contribution is 2.36. The van der Waals surface area contributed by atoms with Gasteiger partial charge in [-0.1, -0.05) is 0 Å². The molecule has 8 heteroatoms. The van der Waals surface area contributed by atoms with Crippen LogP contribution >= 0.6 is 12.4 Å². The largest absolute Gasteiger partial charge is 0.504 e. The zero-order chi connectivity index (χ0) is 13.2. The third-order valence-corrected chi connectivity index (χ3v) is 2.21. The van der Waals surface area contributed by atoms with Gasteiger partial charge in [-0.05, 0) is 18.2 Å². The molecule has 0 saturated heterocycles. The van der Waals surface area contributed by atoms with Crippen LogP contribution < -0.4 is 5.73 Å². The zero-order valence-corrected chi connectivity index (χ0v) is 10.1. The van der Waals surface area contributed by atoms with E-state index >= 15 is 0 Å². The maximum absolute atomic E-state index is 13.7. The topological polar surface area (TPSA) is 92.8 Å². The number of alkyl halides is 2. The van der Waals surface area contributed by atoms with Gasteiger partial charge >= 0.3 is 5.97 Å². The number of benzene rings is 1. The van der Waals surface area contributed by atoms with Crippen molar-refractivity contribution < 1.29 is 28.5 Å². The van der Waals surface area contributed by atoms with Crippen molar-refractivity contribution in [3.05, 3.63) is 23.8 Å². The molecule has 0 amide bonds. The average Bonchev–Trinajstić information content (AvgIpc) is 2.30. The molecule has 0 radical (unpaired) electrons. The van der Waals surface area contributed by atoms with Crippen LogP contribution in [0.2, 0.25) is 0 Å². The number of carbonyl (C=O) groups excluding carboxylic acids is 1. The predicted molar refractivity (Wildman–Crippen MR) is 60.9 cm³/mol. The maximum atomic E-state index is 13.7. The highest BCUT2D eigenvalue weighted by atomic mass is 35.5. The van der Waals surface area contributed by atoms with Gasteiger partial charge in [0.05, 0.1) is 7.11 Å². The van der Waals surface area contributed by atoms with E-state index in [0.717, 1.165) is 19.2 Å². The minimum Gasteiger partial charge on any atom is -0.504 e. The van der Waals surface area contributed by atoms with Crippen LogP contribution in [0.25, 0.3) is 0 Å². The Balaban J connectivity index is 0.00000289. The molecule has 0 aliphatic rings. The Morgan fingerprint density at radius 2 is 1.94 bits per heavy atom. The summed E-state index contributed by atoms with van der Waals surface area (Å²) in [7, 11) is 0.937. The maximum Gasteiger partial charge on any atom is 0.329 e. The fourth-order valence-corrected chi connectivity index (χ4v) is 1.19. The van der Waals surface area contributed by atoms with Crippen LogP contribution in [-0.2, 0) is 15.5 Å². The van der Waals surface area contributed by atoms with Crippen LogP contribution in [0, 0.1) is 0 Å². The summed E-state index contributed by atoms with van der Waals surface area (Å²) in [6.45, 7) is 0. The third-order valence-electron chi connectivity index (χ3n) is 2.21. The van der Waals surface area contributed by atoms with E-state index in [1.807, 2.05) is 0 Å². The second-order valence-electron chi connectivity index (χ2n) is 3.33. The Hall–Kier alpha value is -1.60. The Kier molecular flexibility index (Phi) is 5.31. The molecular weight excluding hydrogens is 272 g/mol. The molecule has 5 nitrogen and oxygen atoms in total. The van der Waals surface area contributed by atoms with Crippen molar-refractivity contribution in [2.45, 2.75) is 12.0 Å². The molecule has 0 fully saturated rings. The summed E-state index contributed by atoms with van der Waals surface area (Å²) < 4.78 is 31.5. The number of ether oxygens (including phenoxy) is 1. The number of hydrogen-bond donors (Lipinski definition) is 3. The standard InChI is InChI=1S/C10H11F2NO4.ClH/c1-17-9(16)8(13)10(11,12)5-2-3-6(14)7(15)4-5;/h2-4,8,14-15H,13H2,1H3;1H. The first-order valence-corrected chi connectivity index (χ1v) is 4.54. The molecule has 1 unspecified atom stereocenters. The smallest absolute Gasteiger partial charge is 0.329 e. The van der Waals surface area contributed by atoms with E-state index in [2.05, 4.69) is 4.74 Å². The van der Waals surface area contributed by atoms with E-state index in [4.69, 9.17) is 15.9 Å². The number of methoxy groups -OCH3 is 1. The minimum absolute atomic E-state index is 0. The van der Waals surface area contributed by atoms with Crippen molar-refractivity contribution in [2.24, 2.45) is 5.73 Å². The summed E-state index contributed by atoms with van der Waals surface area (Å²) >= 11 is 0. The van der Waals surface area contributed by atoms with Crippen molar-refractivity contribution in [3.8, 4) is 11.5 Å². The van der Waals surface area contributed by atoms with E-state index in [1.165, 1.54) is 0 Å². The van der Waals surface area contributed by atoms with Crippen molar-refractivity contribution in [3.63, 3.8) is 0 Å². The van der Waals surface area contributed by atoms with Crippen LogP contribution in [0.4, 0.5) is 8.78 Å². The molecular formula is C10H12ClF2NO4. The molecule has 0 saturated carbocycles. The molecule has 1 aromatic carbocycles. The van der Waals surface area contributed by atoms with Gasteiger partial charge in [0.15, 0.2) is 17.5 Å². The first-order valence-electron chi connectivity index (χ1n) is 4.54. The van der Waals surface area contributed by atoms with Gasteiger partial charge in [-0.2, -0.15) is 8.78 Å². The lowest BCUT2D eigenvalue weighted by atomic mass is 10.0. The number of hydrogen-bond acceptors (Lipinski definition) is 5. The van der Waals surface area contributed by atoms with Crippen LogP contribution in [0.3, 0.4) is 0 Å². The van der Waals surface area contributed by atoms with Crippen molar-refractivity contribution in [2.75, 3.05) is 7.11 Å². The van der Waals surface area contributed by atoms with Gasteiger partial charge in [0.25, 0.3) is 5.92 Å². The van der Waals surface area contributed by atoms with E-state index in [9.17, 15) is 13.6 Å². The number of aromatic hydroxyl groups is 2. The fourth-order valence-electron chi connectivity index (χ4n) is 1.19. The summed E-state index contributed by atoms with van der Waals surface area (Å²) in [5, 5.41) is 18.1. The molecule has 1 aromatic rings. The SMILES string of the molecule is COC(=O)C(N)C(F)(F)c1ccc(O)c(O)c1.Cl.